The summed E-state index contributed by atoms with van der Waals surface area (Å²) in [4.78, 5) is 26.6. The first kappa shape index (κ1) is 22.3. The molecule has 29 heavy (non-hydrogen) atoms. The van der Waals surface area contributed by atoms with Crippen molar-refractivity contribution in [3.05, 3.63) is 54.1 Å². The van der Waals surface area contributed by atoms with Gasteiger partial charge in [-0.3, -0.25) is 9.59 Å². The van der Waals surface area contributed by atoms with Gasteiger partial charge in [-0.25, -0.2) is 0 Å². The van der Waals surface area contributed by atoms with Crippen molar-refractivity contribution in [1.29, 1.82) is 0 Å². The van der Waals surface area contributed by atoms with Gasteiger partial charge in [0, 0.05) is 30.0 Å². The zero-order chi connectivity index (χ0) is 21.1. The molecule has 0 aromatic heterocycles. The highest BCUT2D eigenvalue weighted by atomic mass is 16.5. The fraction of sp³-hybridized carbons (Fsp3) is 0.391. The highest BCUT2D eigenvalue weighted by Crippen LogP contribution is 2.17. The second-order valence-electron chi connectivity index (χ2n) is 6.68. The molecule has 0 spiro atoms. The lowest BCUT2D eigenvalue weighted by atomic mass is 10.2. The van der Waals surface area contributed by atoms with E-state index in [4.69, 9.17) is 4.74 Å². The van der Waals surface area contributed by atoms with Crippen molar-refractivity contribution in [2.75, 3.05) is 36.5 Å². The van der Waals surface area contributed by atoms with E-state index in [2.05, 4.69) is 36.3 Å². The molecule has 2 aromatic rings. The minimum absolute atomic E-state index is 0.0919. The summed E-state index contributed by atoms with van der Waals surface area (Å²) in [6, 6.07) is 14.6. The monoisotopic (exact) mass is 397 g/mol. The number of unbranched alkanes of at least 4 members (excludes halogenated alkanes) is 1. The Morgan fingerprint density at radius 3 is 2.17 bits per heavy atom. The number of benzene rings is 2. The van der Waals surface area contributed by atoms with Gasteiger partial charge < -0.3 is 20.3 Å². The molecule has 0 saturated heterocycles. The van der Waals surface area contributed by atoms with Gasteiger partial charge in [0.15, 0.2) is 0 Å². The van der Waals surface area contributed by atoms with E-state index >= 15 is 0 Å². The Morgan fingerprint density at radius 1 is 0.931 bits per heavy atom. The number of hydrogen-bond acceptors (Lipinski definition) is 4. The number of nitrogens with one attached hydrogen (secondary N) is 2. The predicted octanol–water partition coefficient (Wildman–Crippen LogP) is 4.08. The van der Waals surface area contributed by atoms with Crippen molar-refractivity contribution in [2.45, 2.75) is 33.6 Å². The van der Waals surface area contributed by atoms with Gasteiger partial charge >= 0.3 is 0 Å². The second kappa shape index (κ2) is 11.7. The Bertz CT molecular complexity index is 769. The molecule has 0 aliphatic heterocycles. The summed E-state index contributed by atoms with van der Waals surface area (Å²) in [5, 5.41) is 5.44. The van der Waals surface area contributed by atoms with E-state index in [1.165, 1.54) is 0 Å². The van der Waals surface area contributed by atoms with Crippen molar-refractivity contribution in [3.63, 3.8) is 0 Å². The summed E-state index contributed by atoms with van der Waals surface area (Å²) >= 11 is 0. The average molecular weight is 398 g/mol. The van der Waals surface area contributed by atoms with E-state index in [0.717, 1.165) is 37.4 Å². The van der Waals surface area contributed by atoms with Crippen LogP contribution in [0.2, 0.25) is 0 Å². The summed E-state index contributed by atoms with van der Waals surface area (Å²) in [6.07, 6.45) is 2.07. The maximum atomic E-state index is 12.2. The van der Waals surface area contributed by atoms with Gasteiger partial charge in [-0.15, -0.1) is 0 Å². The van der Waals surface area contributed by atoms with E-state index in [1.54, 1.807) is 24.3 Å². The van der Waals surface area contributed by atoms with Crippen LogP contribution in [0.1, 0.15) is 44.0 Å². The normalized spacial score (nSPS) is 10.3. The maximum absolute atomic E-state index is 12.2. The largest absolute Gasteiger partial charge is 0.494 e. The molecular formula is C23H31N3O3. The van der Waals surface area contributed by atoms with E-state index in [1.807, 2.05) is 24.3 Å². The fourth-order valence-electron chi connectivity index (χ4n) is 2.85. The Hall–Kier alpha value is -3.02. The average Bonchev–Trinajstić information content (AvgIpc) is 2.75. The summed E-state index contributed by atoms with van der Waals surface area (Å²) in [5.74, 6) is 0.173. The van der Waals surface area contributed by atoms with Gasteiger partial charge in [0.05, 0.1) is 13.2 Å². The second-order valence-corrected chi connectivity index (χ2v) is 6.68. The van der Waals surface area contributed by atoms with E-state index < -0.39 is 0 Å². The van der Waals surface area contributed by atoms with E-state index in [-0.39, 0.29) is 18.4 Å². The number of carbonyl (C=O) groups excluding carboxylic acids is 2. The summed E-state index contributed by atoms with van der Waals surface area (Å²) in [6.45, 7) is 8.75. The molecule has 0 aliphatic carbocycles. The van der Waals surface area contributed by atoms with Crippen LogP contribution in [-0.4, -0.2) is 38.1 Å². The van der Waals surface area contributed by atoms with Crippen molar-refractivity contribution in [2.24, 2.45) is 0 Å². The fourth-order valence-corrected chi connectivity index (χ4v) is 2.85. The minimum atomic E-state index is -0.294. The quantitative estimate of drug-likeness (QED) is 0.561. The number of carbonyl (C=O) groups is 2. The molecule has 2 N–H and O–H groups in total. The van der Waals surface area contributed by atoms with Crippen LogP contribution < -0.4 is 20.3 Å². The summed E-state index contributed by atoms with van der Waals surface area (Å²) in [7, 11) is 0. The highest BCUT2D eigenvalue weighted by molar-refractivity contribution is 5.99. The van der Waals surface area contributed by atoms with Gasteiger partial charge in [0.1, 0.15) is 5.75 Å². The molecule has 0 atom stereocenters. The lowest BCUT2D eigenvalue weighted by molar-refractivity contribution is -0.115. The lowest BCUT2D eigenvalue weighted by Gasteiger charge is -2.21. The van der Waals surface area contributed by atoms with Crippen LogP contribution in [0.25, 0.3) is 0 Å². The molecule has 0 heterocycles. The smallest absolute Gasteiger partial charge is 0.251 e. The number of hydrogen-bond donors (Lipinski definition) is 2. The first-order valence-electron chi connectivity index (χ1n) is 10.2. The van der Waals surface area contributed by atoms with Crippen molar-refractivity contribution < 1.29 is 14.3 Å². The molecular weight excluding hydrogens is 366 g/mol. The van der Waals surface area contributed by atoms with E-state index in [0.29, 0.717) is 17.9 Å². The third-order valence-electron chi connectivity index (χ3n) is 4.57. The Balaban J connectivity index is 1.80. The Labute approximate surface area is 173 Å². The number of ether oxygens (including phenoxy) is 1. The third kappa shape index (κ3) is 7.14. The zero-order valence-electron chi connectivity index (χ0n) is 17.5. The molecule has 2 rings (SSSR count). The summed E-state index contributed by atoms with van der Waals surface area (Å²) < 4.78 is 5.58. The van der Waals surface area contributed by atoms with Gasteiger partial charge in [-0.1, -0.05) is 13.3 Å². The molecule has 6 nitrogen and oxygen atoms in total. The van der Waals surface area contributed by atoms with Crippen molar-refractivity contribution in [1.82, 2.24) is 5.32 Å². The molecule has 0 unspecified atom stereocenters. The number of anilines is 2. The molecule has 0 aliphatic rings. The number of amides is 2. The van der Waals surface area contributed by atoms with E-state index in [9.17, 15) is 9.59 Å². The first-order valence-corrected chi connectivity index (χ1v) is 10.2. The van der Waals surface area contributed by atoms with Crippen LogP contribution >= 0.6 is 0 Å². The Kier molecular flexibility index (Phi) is 9.02. The van der Waals surface area contributed by atoms with Gasteiger partial charge in [0.2, 0.25) is 5.91 Å². The van der Waals surface area contributed by atoms with Crippen molar-refractivity contribution >= 4 is 23.2 Å². The minimum Gasteiger partial charge on any atom is -0.494 e. The van der Waals surface area contributed by atoms with Crippen LogP contribution in [0.5, 0.6) is 5.75 Å². The molecule has 2 amide bonds. The van der Waals surface area contributed by atoms with Gasteiger partial charge in [-0.05, 0) is 68.8 Å². The standard InChI is InChI=1S/C23H31N3O3/c1-4-7-16-29-21-14-8-18(9-15-21)23(28)24-17-22(27)25-19-10-12-20(13-11-19)26(5-2)6-3/h8-15H,4-7,16-17H2,1-3H3,(H,24,28)(H,25,27). The van der Waals surface area contributed by atoms with Crippen LogP contribution in [0.15, 0.2) is 48.5 Å². The third-order valence-corrected chi connectivity index (χ3v) is 4.57. The zero-order valence-corrected chi connectivity index (χ0v) is 17.5. The van der Waals surface area contributed by atoms with Crippen LogP contribution in [0.4, 0.5) is 11.4 Å². The van der Waals surface area contributed by atoms with Crippen LogP contribution in [0.3, 0.4) is 0 Å². The molecule has 0 saturated carbocycles. The van der Waals surface area contributed by atoms with Gasteiger partial charge in [-0.2, -0.15) is 0 Å². The molecule has 0 bridgehead atoms. The maximum Gasteiger partial charge on any atom is 0.251 e. The number of nitrogens with zero attached hydrogens (tertiary/aromatic N) is 1. The molecule has 0 fully saturated rings. The first-order chi connectivity index (χ1) is 14.1. The SMILES string of the molecule is CCCCOc1ccc(C(=O)NCC(=O)Nc2ccc(N(CC)CC)cc2)cc1. The predicted molar refractivity (Wildman–Crippen MR) is 118 cm³/mol. The van der Waals surface area contributed by atoms with Gasteiger partial charge in [0.25, 0.3) is 5.91 Å². The molecule has 2 aromatic carbocycles. The molecule has 156 valence electrons. The Morgan fingerprint density at radius 2 is 1.59 bits per heavy atom. The van der Waals surface area contributed by atoms with Crippen LogP contribution in [0, 0.1) is 0 Å². The topological polar surface area (TPSA) is 70.7 Å². The lowest BCUT2D eigenvalue weighted by Crippen LogP contribution is -2.32. The highest BCUT2D eigenvalue weighted by Gasteiger charge is 2.09. The number of rotatable bonds is 11. The molecule has 0 radical (unpaired) electrons. The van der Waals surface area contributed by atoms with Crippen molar-refractivity contribution in [3.8, 4) is 5.75 Å². The van der Waals surface area contributed by atoms with Crippen LogP contribution in [-0.2, 0) is 4.79 Å². The molecule has 6 heteroatoms. The summed E-state index contributed by atoms with van der Waals surface area (Å²) in [5.41, 5.74) is 2.31.